The van der Waals surface area contributed by atoms with Crippen molar-refractivity contribution in [3.05, 3.63) is 35.6 Å². The van der Waals surface area contributed by atoms with Gasteiger partial charge in [0.1, 0.15) is 11.5 Å². The maximum absolute atomic E-state index is 13.3. The molecule has 0 aliphatic heterocycles. The standard InChI is InChI=1S/C19H29FN6S2/c1-6-25(7-2)18(27)23-21-14(5)17(15-10-12-16(20)13-11-15)22-24-19(28)26(8-3)9-4/h10-13H,6-9H2,1-5H3,(H,23,27)(H,24,28). The van der Waals surface area contributed by atoms with Gasteiger partial charge in [-0.25, -0.2) is 4.39 Å². The Morgan fingerprint density at radius 1 is 0.857 bits per heavy atom. The van der Waals surface area contributed by atoms with Crippen LogP contribution in [0, 0.1) is 5.82 Å². The first-order valence-electron chi connectivity index (χ1n) is 9.35. The van der Waals surface area contributed by atoms with Crippen LogP contribution in [-0.4, -0.2) is 57.6 Å². The smallest absolute Gasteiger partial charge is 0.189 e. The molecular formula is C19H29FN6S2. The van der Waals surface area contributed by atoms with E-state index in [2.05, 4.69) is 21.1 Å². The van der Waals surface area contributed by atoms with Crippen LogP contribution in [0.25, 0.3) is 0 Å². The second-order valence-corrected chi connectivity index (χ2v) is 6.62. The van der Waals surface area contributed by atoms with E-state index >= 15 is 0 Å². The molecule has 1 aromatic rings. The zero-order chi connectivity index (χ0) is 21.1. The third kappa shape index (κ3) is 7.12. The molecule has 28 heavy (non-hydrogen) atoms. The quantitative estimate of drug-likeness (QED) is 0.379. The van der Waals surface area contributed by atoms with Crippen molar-refractivity contribution in [1.29, 1.82) is 0 Å². The van der Waals surface area contributed by atoms with E-state index in [-0.39, 0.29) is 5.82 Å². The second-order valence-electron chi connectivity index (χ2n) is 5.84. The van der Waals surface area contributed by atoms with E-state index in [1.54, 1.807) is 12.1 Å². The van der Waals surface area contributed by atoms with Crippen LogP contribution in [0.4, 0.5) is 4.39 Å². The predicted octanol–water partition coefficient (Wildman–Crippen LogP) is 3.34. The van der Waals surface area contributed by atoms with Gasteiger partial charge in [0, 0.05) is 31.7 Å². The molecule has 0 atom stereocenters. The van der Waals surface area contributed by atoms with Crippen molar-refractivity contribution >= 4 is 46.1 Å². The minimum absolute atomic E-state index is 0.315. The molecule has 0 unspecified atom stereocenters. The van der Waals surface area contributed by atoms with Gasteiger partial charge in [0.15, 0.2) is 10.2 Å². The highest BCUT2D eigenvalue weighted by Crippen LogP contribution is 2.06. The van der Waals surface area contributed by atoms with Gasteiger partial charge in [0.05, 0.1) is 5.71 Å². The van der Waals surface area contributed by atoms with Crippen molar-refractivity contribution < 1.29 is 4.39 Å². The summed E-state index contributed by atoms with van der Waals surface area (Å²) in [6, 6.07) is 6.07. The molecule has 0 aliphatic carbocycles. The molecule has 0 bridgehead atoms. The first-order valence-corrected chi connectivity index (χ1v) is 10.2. The molecule has 2 N–H and O–H groups in total. The van der Waals surface area contributed by atoms with Gasteiger partial charge in [-0.2, -0.15) is 10.2 Å². The highest BCUT2D eigenvalue weighted by Gasteiger charge is 2.11. The van der Waals surface area contributed by atoms with Gasteiger partial charge >= 0.3 is 0 Å². The lowest BCUT2D eigenvalue weighted by Gasteiger charge is -2.21. The molecule has 0 radical (unpaired) electrons. The van der Waals surface area contributed by atoms with Crippen molar-refractivity contribution in [2.45, 2.75) is 34.6 Å². The minimum Gasteiger partial charge on any atom is -0.348 e. The van der Waals surface area contributed by atoms with E-state index in [4.69, 9.17) is 24.4 Å². The molecule has 0 fully saturated rings. The third-order valence-electron chi connectivity index (χ3n) is 4.14. The molecule has 0 heterocycles. The summed E-state index contributed by atoms with van der Waals surface area (Å²) in [5.74, 6) is -0.315. The number of nitrogens with zero attached hydrogens (tertiary/aromatic N) is 4. The summed E-state index contributed by atoms with van der Waals surface area (Å²) in [6.07, 6.45) is 0. The Balaban J connectivity index is 3.11. The summed E-state index contributed by atoms with van der Waals surface area (Å²) >= 11 is 10.7. The van der Waals surface area contributed by atoms with Gasteiger partial charge in [-0.05, 0) is 83.3 Å². The molecule has 1 rings (SSSR count). The van der Waals surface area contributed by atoms with Crippen LogP contribution in [0.15, 0.2) is 34.5 Å². The fourth-order valence-corrected chi connectivity index (χ4v) is 3.02. The Morgan fingerprint density at radius 2 is 1.29 bits per heavy atom. The van der Waals surface area contributed by atoms with E-state index in [9.17, 15) is 4.39 Å². The van der Waals surface area contributed by atoms with Gasteiger partial charge in [-0.3, -0.25) is 10.9 Å². The fraction of sp³-hybridized carbons (Fsp3) is 0.474. The van der Waals surface area contributed by atoms with E-state index in [0.29, 0.717) is 27.2 Å². The number of nitrogens with one attached hydrogen (secondary N) is 2. The number of hydrogen-bond donors (Lipinski definition) is 2. The second kappa shape index (κ2) is 12.4. The van der Waals surface area contributed by atoms with Gasteiger partial charge in [-0.15, -0.1) is 0 Å². The van der Waals surface area contributed by atoms with Crippen LogP contribution in [0.3, 0.4) is 0 Å². The molecule has 0 saturated heterocycles. The fourth-order valence-electron chi connectivity index (χ4n) is 2.41. The molecule has 0 spiro atoms. The van der Waals surface area contributed by atoms with Crippen molar-refractivity contribution in [3.63, 3.8) is 0 Å². The Hall–Kier alpha value is -2.13. The molecule has 9 heteroatoms. The predicted molar refractivity (Wildman–Crippen MR) is 123 cm³/mol. The lowest BCUT2D eigenvalue weighted by Crippen LogP contribution is -2.39. The lowest BCUT2D eigenvalue weighted by atomic mass is 10.1. The number of benzene rings is 1. The Kier molecular flexibility index (Phi) is 10.5. The average Bonchev–Trinajstić information content (AvgIpc) is 2.69. The molecular weight excluding hydrogens is 395 g/mol. The number of hydrazone groups is 2. The van der Waals surface area contributed by atoms with Crippen molar-refractivity contribution in [2.75, 3.05) is 26.2 Å². The summed E-state index contributed by atoms with van der Waals surface area (Å²) in [4.78, 5) is 3.95. The van der Waals surface area contributed by atoms with Crippen LogP contribution in [0.5, 0.6) is 0 Å². The van der Waals surface area contributed by atoms with Crippen molar-refractivity contribution in [1.82, 2.24) is 20.7 Å². The highest BCUT2D eigenvalue weighted by molar-refractivity contribution is 7.80. The SMILES string of the molecule is CCN(CC)C(=S)NN=C(C)C(=NNC(=S)N(CC)CC)c1ccc(F)cc1. The number of rotatable bonds is 8. The molecule has 1 aromatic carbocycles. The van der Waals surface area contributed by atoms with Crippen LogP contribution in [0.1, 0.15) is 40.2 Å². The van der Waals surface area contributed by atoms with E-state index < -0.39 is 0 Å². The maximum Gasteiger partial charge on any atom is 0.189 e. The number of hydrogen-bond acceptors (Lipinski definition) is 4. The van der Waals surface area contributed by atoms with Crippen LogP contribution >= 0.6 is 24.4 Å². The van der Waals surface area contributed by atoms with Gasteiger partial charge in [0.25, 0.3) is 0 Å². The van der Waals surface area contributed by atoms with Crippen molar-refractivity contribution in [3.8, 4) is 0 Å². The van der Waals surface area contributed by atoms with Gasteiger partial charge in [-0.1, -0.05) is 0 Å². The summed E-state index contributed by atoms with van der Waals surface area (Å²) in [6.45, 7) is 13.0. The van der Waals surface area contributed by atoms with Gasteiger partial charge < -0.3 is 9.80 Å². The summed E-state index contributed by atoms with van der Waals surface area (Å²) < 4.78 is 13.3. The average molecular weight is 425 g/mol. The lowest BCUT2D eigenvalue weighted by molar-refractivity contribution is 0.457. The molecule has 0 aromatic heterocycles. The third-order valence-corrected chi connectivity index (χ3v) is 4.84. The van der Waals surface area contributed by atoms with Crippen molar-refractivity contribution in [2.24, 2.45) is 10.2 Å². The van der Waals surface area contributed by atoms with Crippen LogP contribution in [-0.2, 0) is 0 Å². The Morgan fingerprint density at radius 3 is 1.71 bits per heavy atom. The largest absolute Gasteiger partial charge is 0.348 e. The molecule has 0 amide bonds. The van der Waals surface area contributed by atoms with Crippen LogP contribution in [0.2, 0.25) is 0 Å². The normalized spacial score (nSPS) is 11.8. The Labute approximate surface area is 177 Å². The maximum atomic E-state index is 13.3. The summed E-state index contributed by atoms with van der Waals surface area (Å²) in [7, 11) is 0. The Bertz CT molecular complexity index is 710. The molecule has 0 saturated carbocycles. The summed E-state index contributed by atoms with van der Waals surface area (Å²) in [5.41, 5.74) is 7.66. The number of thiocarbonyl (C=S) groups is 2. The van der Waals surface area contributed by atoms with E-state index in [1.807, 2.05) is 44.4 Å². The zero-order valence-electron chi connectivity index (χ0n) is 17.1. The summed E-state index contributed by atoms with van der Waals surface area (Å²) in [5, 5.41) is 9.86. The zero-order valence-corrected chi connectivity index (χ0v) is 18.8. The first-order chi connectivity index (χ1) is 13.4. The molecule has 154 valence electrons. The topological polar surface area (TPSA) is 55.3 Å². The molecule has 0 aliphatic rings. The van der Waals surface area contributed by atoms with E-state index in [1.165, 1.54) is 12.1 Å². The first kappa shape index (κ1) is 23.9. The van der Waals surface area contributed by atoms with Gasteiger partial charge in [0.2, 0.25) is 0 Å². The minimum atomic E-state index is -0.315. The highest BCUT2D eigenvalue weighted by atomic mass is 32.1. The van der Waals surface area contributed by atoms with E-state index in [0.717, 1.165) is 26.2 Å². The van der Waals surface area contributed by atoms with Crippen LogP contribution < -0.4 is 10.9 Å². The monoisotopic (exact) mass is 424 g/mol. The number of halogens is 1. The molecule has 6 nitrogen and oxygen atoms in total.